The first-order chi connectivity index (χ1) is 5.33. The SMILES string of the molecule is N#CCCc1cncc(Br)c1. The zero-order chi connectivity index (χ0) is 8.10. The molecule has 0 aliphatic heterocycles. The van der Waals surface area contributed by atoms with Crippen molar-refractivity contribution < 1.29 is 0 Å². The molecule has 11 heavy (non-hydrogen) atoms. The lowest BCUT2D eigenvalue weighted by Gasteiger charge is -1.95. The average molecular weight is 211 g/mol. The van der Waals surface area contributed by atoms with E-state index < -0.39 is 0 Å². The Balaban J connectivity index is 2.65. The van der Waals surface area contributed by atoms with E-state index in [9.17, 15) is 0 Å². The Morgan fingerprint density at radius 3 is 3.00 bits per heavy atom. The lowest BCUT2D eigenvalue weighted by Crippen LogP contribution is -1.84. The number of nitriles is 1. The van der Waals surface area contributed by atoms with E-state index in [1.165, 1.54) is 0 Å². The Bertz CT molecular complexity index is 278. The summed E-state index contributed by atoms with van der Waals surface area (Å²) >= 11 is 3.31. The van der Waals surface area contributed by atoms with Crippen LogP contribution >= 0.6 is 15.9 Å². The summed E-state index contributed by atoms with van der Waals surface area (Å²) in [5.41, 5.74) is 1.10. The van der Waals surface area contributed by atoms with E-state index in [1.807, 2.05) is 6.07 Å². The Morgan fingerprint density at radius 1 is 1.55 bits per heavy atom. The molecule has 1 rings (SSSR count). The maximum Gasteiger partial charge on any atom is 0.0625 e. The van der Waals surface area contributed by atoms with Crippen molar-refractivity contribution in [3.8, 4) is 6.07 Å². The van der Waals surface area contributed by atoms with Crippen LogP contribution in [0.25, 0.3) is 0 Å². The molecule has 0 aromatic carbocycles. The van der Waals surface area contributed by atoms with Crippen molar-refractivity contribution >= 4 is 15.9 Å². The molecule has 0 aliphatic rings. The second-order valence-corrected chi connectivity index (χ2v) is 3.09. The summed E-state index contributed by atoms with van der Waals surface area (Å²) in [5, 5.41) is 8.31. The molecule has 0 fully saturated rings. The third-order valence-electron chi connectivity index (χ3n) is 1.29. The minimum atomic E-state index is 0.554. The topological polar surface area (TPSA) is 36.7 Å². The molecule has 0 saturated carbocycles. The van der Waals surface area contributed by atoms with E-state index in [0.717, 1.165) is 16.5 Å². The summed E-state index contributed by atoms with van der Waals surface area (Å²) in [6.45, 7) is 0. The van der Waals surface area contributed by atoms with Gasteiger partial charge in [-0.25, -0.2) is 0 Å². The Morgan fingerprint density at radius 2 is 2.36 bits per heavy atom. The van der Waals surface area contributed by atoms with Crippen LogP contribution in [-0.2, 0) is 6.42 Å². The number of aryl methyl sites for hydroxylation is 1. The molecular formula is C8H7BrN2. The Hall–Kier alpha value is -0.880. The maximum atomic E-state index is 8.31. The second kappa shape index (κ2) is 4.09. The van der Waals surface area contributed by atoms with Crippen LogP contribution in [0.3, 0.4) is 0 Å². The normalized spacial score (nSPS) is 9.09. The molecule has 0 amide bonds. The highest BCUT2D eigenvalue weighted by Gasteiger charge is 1.92. The van der Waals surface area contributed by atoms with Gasteiger partial charge in [0.25, 0.3) is 0 Å². The van der Waals surface area contributed by atoms with Gasteiger partial charge in [-0.3, -0.25) is 4.98 Å². The molecule has 0 aliphatic carbocycles. The van der Waals surface area contributed by atoms with Crippen molar-refractivity contribution in [2.75, 3.05) is 0 Å². The summed E-state index contributed by atoms with van der Waals surface area (Å²) < 4.78 is 0.966. The molecule has 56 valence electrons. The number of aromatic nitrogens is 1. The summed E-state index contributed by atoms with van der Waals surface area (Å²) in [6.07, 6.45) is 4.85. The highest BCUT2D eigenvalue weighted by Crippen LogP contribution is 2.10. The van der Waals surface area contributed by atoms with Gasteiger partial charge in [0, 0.05) is 23.3 Å². The van der Waals surface area contributed by atoms with Crippen LogP contribution in [0.4, 0.5) is 0 Å². The molecule has 0 atom stereocenters. The predicted octanol–water partition coefficient (Wildman–Crippen LogP) is 2.30. The molecule has 2 nitrogen and oxygen atoms in total. The van der Waals surface area contributed by atoms with Crippen LogP contribution in [0.1, 0.15) is 12.0 Å². The van der Waals surface area contributed by atoms with Gasteiger partial charge in [0.2, 0.25) is 0 Å². The van der Waals surface area contributed by atoms with Gasteiger partial charge in [-0.2, -0.15) is 5.26 Å². The van der Waals surface area contributed by atoms with E-state index in [2.05, 4.69) is 27.0 Å². The van der Waals surface area contributed by atoms with Gasteiger partial charge in [0.1, 0.15) is 0 Å². The van der Waals surface area contributed by atoms with E-state index in [4.69, 9.17) is 5.26 Å². The Labute approximate surface area is 74.0 Å². The van der Waals surface area contributed by atoms with E-state index in [1.54, 1.807) is 12.4 Å². The lowest BCUT2D eigenvalue weighted by molar-refractivity contribution is 0.994. The number of hydrogen-bond acceptors (Lipinski definition) is 2. The average Bonchev–Trinajstić information content (AvgIpc) is 2.01. The van der Waals surface area contributed by atoms with Crippen molar-refractivity contribution in [1.82, 2.24) is 4.98 Å². The van der Waals surface area contributed by atoms with Crippen molar-refractivity contribution in [3.05, 3.63) is 28.5 Å². The number of rotatable bonds is 2. The Kier molecular flexibility index (Phi) is 3.06. The van der Waals surface area contributed by atoms with Gasteiger partial charge < -0.3 is 0 Å². The minimum Gasteiger partial charge on any atom is -0.263 e. The van der Waals surface area contributed by atoms with Crippen LogP contribution in [0, 0.1) is 11.3 Å². The van der Waals surface area contributed by atoms with Crippen LogP contribution in [-0.4, -0.2) is 4.98 Å². The fraction of sp³-hybridized carbons (Fsp3) is 0.250. The fourth-order valence-corrected chi connectivity index (χ4v) is 1.21. The van der Waals surface area contributed by atoms with Crippen molar-refractivity contribution in [2.45, 2.75) is 12.8 Å². The number of halogens is 1. The largest absolute Gasteiger partial charge is 0.263 e. The molecule has 3 heteroatoms. The van der Waals surface area contributed by atoms with E-state index in [-0.39, 0.29) is 0 Å². The first-order valence-corrected chi connectivity index (χ1v) is 4.08. The quantitative estimate of drug-likeness (QED) is 0.752. The minimum absolute atomic E-state index is 0.554. The van der Waals surface area contributed by atoms with Gasteiger partial charge in [-0.15, -0.1) is 0 Å². The maximum absolute atomic E-state index is 8.31. The summed E-state index contributed by atoms with van der Waals surface area (Å²) in [7, 11) is 0. The van der Waals surface area contributed by atoms with E-state index >= 15 is 0 Å². The van der Waals surface area contributed by atoms with Crippen LogP contribution < -0.4 is 0 Å². The molecule has 0 spiro atoms. The highest BCUT2D eigenvalue weighted by molar-refractivity contribution is 9.10. The van der Waals surface area contributed by atoms with Gasteiger partial charge in [0.15, 0.2) is 0 Å². The third kappa shape index (κ3) is 2.69. The van der Waals surface area contributed by atoms with Crippen LogP contribution in [0.2, 0.25) is 0 Å². The van der Waals surface area contributed by atoms with Gasteiger partial charge in [-0.05, 0) is 34.0 Å². The monoisotopic (exact) mass is 210 g/mol. The summed E-state index contributed by atoms with van der Waals surface area (Å²) in [6, 6.07) is 4.07. The standard InChI is InChI=1S/C8H7BrN2/c9-8-4-7(2-1-3-10)5-11-6-8/h4-6H,1-2H2. The van der Waals surface area contributed by atoms with Crippen molar-refractivity contribution in [3.63, 3.8) is 0 Å². The molecule has 0 unspecified atom stereocenters. The fourth-order valence-electron chi connectivity index (χ4n) is 0.793. The summed E-state index contributed by atoms with van der Waals surface area (Å²) in [5.74, 6) is 0. The third-order valence-corrected chi connectivity index (χ3v) is 1.72. The van der Waals surface area contributed by atoms with E-state index in [0.29, 0.717) is 6.42 Å². The second-order valence-electron chi connectivity index (χ2n) is 2.17. The smallest absolute Gasteiger partial charge is 0.0625 e. The van der Waals surface area contributed by atoms with Crippen LogP contribution in [0.5, 0.6) is 0 Å². The first-order valence-electron chi connectivity index (χ1n) is 3.29. The predicted molar refractivity (Wildman–Crippen MR) is 45.9 cm³/mol. The number of hydrogen-bond donors (Lipinski definition) is 0. The highest BCUT2D eigenvalue weighted by atomic mass is 79.9. The lowest BCUT2D eigenvalue weighted by atomic mass is 10.2. The number of pyridine rings is 1. The molecular weight excluding hydrogens is 204 g/mol. The van der Waals surface area contributed by atoms with Crippen LogP contribution in [0.15, 0.2) is 22.9 Å². The zero-order valence-corrected chi connectivity index (χ0v) is 7.50. The molecule has 1 aromatic rings. The van der Waals surface area contributed by atoms with Gasteiger partial charge >= 0.3 is 0 Å². The molecule has 0 bridgehead atoms. The van der Waals surface area contributed by atoms with Crippen molar-refractivity contribution in [2.24, 2.45) is 0 Å². The molecule has 0 saturated heterocycles. The summed E-state index contributed by atoms with van der Waals surface area (Å²) in [4.78, 5) is 3.98. The first kappa shape index (κ1) is 8.22. The van der Waals surface area contributed by atoms with Gasteiger partial charge in [0.05, 0.1) is 6.07 Å². The molecule has 0 N–H and O–H groups in total. The molecule has 0 radical (unpaired) electrons. The molecule has 1 heterocycles. The molecule has 1 aromatic heterocycles. The van der Waals surface area contributed by atoms with Gasteiger partial charge in [-0.1, -0.05) is 0 Å². The number of nitrogens with zero attached hydrogens (tertiary/aromatic N) is 2. The van der Waals surface area contributed by atoms with Crippen molar-refractivity contribution in [1.29, 1.82) is 5.26 Å². The zero-order valence-electron chi connectivity index (χ0n) is 5.92.